The fraction of sp³-hybridized carbons (Fsp3) is 0.167. The van der Waals surface area contributed by atoms with E-state index in [1.807, 2.05) is 6.07 Å². The monoisotopic (exact) mass is 357 g/mol. The number of nitriles is 1. The molecule has 0 unspecified atom stereocenters. The summed E-state index contributed by atoms with van der Waals surface area (Å²) in [6.45, 7) is 0.405. The maximum Gasteiger partial charge on any atom is 0.337 e. The second-order valence-corrected chi connectivity index (χ2v) is 5.71. The van der Waals surface area contributed by atoms with Gasteiger partial charge in [0.05, 0.1) is 34.3 Å². The lowest BCUT2D eigenvalue weighted by Crippen LogP contribution is -2.21. The zero-order valence-corrected chi connectivity index (χ0v) is 14.2. The first-order chi connectivity index (χ1) is 11.9. The van der Waals surface area contributed by atoms with Gasteiger partial charge >= 0.3 is 5.97 Å². The van der Waals surface area contributed by atoms with E-state index in [4.69, 9.17) is 16.9 Å². The van der Waals surface area contributed by atoms with Crippen LogP contribution in [0.5, 0.6) is 0 Å². The van der Waals surface area contributed by atoms with Gasteiger partial charge in [0, 0.05) is 19.3 Å². The van der Waals surface area contributed by atoms with Gasteiger partial charge in [-0.3, -0.25) is 4.79 Å². The first kappa shape index (κ1) is 18.3. The van der Waals surface area contributed by atoms with Crippen molar-refractivity contribution in [3.63, 3.8) is 0 Å². The Kier molecular flexibility index (Phi) is 5.98. The lowest BCUT2D eigenvalue weighted by Gasteiger charge is -2.20. The molecule has 0 spiro atoms. The number of hydrogen-bond donors (Lipinski definition) is 2. The number of nitrogens with zero attached hydrogens (tertiary/aromatic N) is 2. The van der Waals surface area contributed by atoms with E-state index < -0.39 is 11.9 Å². The van der Waals surface area contributed by atoms with Crippen LogP contribution in [-0.2, 0) is 0 Å². The number of nitrogens with one attached hydrogen (secondary N) is 1. The largest absolute Gasteiger partial charge is 0.478 e. The van der Waals surface area contributed by atoms with Gasteiger partial charge in [-0.25, -0.2) is 4.79 Å². The Morgan fingerprint density at radius 3 is 2.60 bits per heavy atom. The van der Waals surface area contributed by atoms with Gasteiger partial charge in [-0.15, -0.1) is 0 Å². The summed E-state index contributed by atoms with van der Waals surface area (Å²) < 4.78 is 0. The molecule has 1 amide bonds. The quantitative estimate of drug-likeness (QED) is 0.823. The third-order valence-electron chi connectivity index (χ3n) is 3.57. The van der Waals surface area contributed by atoms with E-state index in [2.05, 4.69) is 5.32 Å². The standard InChI is InChI=1S/C18H16ClN3O3/c1-22(10-4-9-20)16-8-7-12(11-14(16)18(24)25)21-17(23)13-5-2-3-6-15(13)19/h2-3,5-8,11H,4,10H2,1H3,(H,21,23)(H,24,25). The van der Waals surface area contributed by atoms with Gasteiger partial charge in [0.25, 0.3) is 5.91 Å². The molecule has 2 aromatic rings. The third kappa shape index (κ3) is 4.49. The number of aromatic carboxylic acids is 1. The number of benzene rings is 2. The molecule has 0 aliphatic rings. The Balaban J connectivity index is 2.27. The van der Waals surface area contributed by atoms with Crippen LogP contribution in [0.25, 0.3) is 0 Å². The molecule has 0 bridgehead atoms. The molecule has 2 aromatic carbocycles. The summed E-state index contributed by atoms with van der Waals surface area (Å²) in [5, 5.41) is 21.1. The molecule has 0 radical (unpaired) electrons. The molecule has 0 aliphatic heterocycles. The van der Waals surface area contributed by atoms with E-state index in [9.17, 15) is 14.7 Å². The molecular weight excluding hydrogens is 342 g/mol. The number of carbonyl (C=O) groups is 2. The highest BCUT2D eigenvalue weighted by Gasteiger charge is 2.16. The fourth-order valence-electron chi connectivity index (χ4n) is 2.30. The van der Waals surface area contributed by atoms with E-state index in [-0.39, 0.29) is 12.0 Å². The normalized spacial score (nSPS) is 9.96. The Morgan fingerprint density at radius 1 is 1.24 bits per heavy atom. The summed E-state index contributed by atoms with van der Waals surface area (Å²) in [6, 6.07) is 13.2. The molecule has 7 heteroatoms. The second kappa shape index (κ2) is 8.18. The maximum atomic E-state index is 12.3. The van der Waals surface area contributed by atoms with Crippen molar-refractivity contribution in [2.75, 3.05) is 23.8 Å². The highest BCUT2D eigenvalue weighted by atomic mass is 35.5. The van der Waals surface area contributed by atoms with E-state index in [0.29, 0.717) is 28.5 Å². The van der Waals surface area contributed by atoms with Crippen LogP contribution in [0.2, 0.25) is 5.02 Å². The van der Waals surface area contributed by atoms with Crippen LogP contribution in [-0.4, -0.2) is 30.6 Å². The molecule has 0 aliphatic carbocycles. The van der Waals surface area contributed by atoms with Crippen LogP contribution >= 0.6 is 11.6 Å². The summed E-state index contributed by atoms with van der Waals surface area (Å²) in [4.78, 5) is 25.5. The Morgan fingerprint density at radius 2 is 1.96 bits per heavy atom. The van der Waals surface area contributed by atoms with Gasteiger partial charge < -0.3 is 15.3 Å². The topological polar surface area (TPSA) is 93.4 Å². The zero-order valence-electron chi connectivity index (χ0n) is 13.5. The van der Waals surface area contributed by atoms with Crippen molar-refractivity contribution < 1.29 is 14.7 Å². The predicted octanol–water partition coefficient (Wildman–Crippen LogP) is 3.64. The molecule has 25 heavy (non-hydrogen) atoms. The second-order valence-electron chi connectivity index (χ2n) is 5.30. The molecule has 0 saturated carbocycles. The maximum absolute atomic E-state index is 12.3. The number of anilines is 2. The molecule has 0 aromatic heterocycles. The lowest BCUT2D eigenvalue weighted by molar-refractivity contribution is 0.0697. The van der Waals surface area contributed by atoms with Crippen LogP contribution in [0.15, 0.2) is 42.5 Å². The first-order valence-electron chi connectivity index (χ1n) is 7.45. The van der Waals surface area contributed by atoms with Crippen LogP contribution in [0.4, 0.5) is 11.4 Å². The number of halogens is 1. The average molecular weight is 358 g/mol. The summed E-state index contributed by atoms with van der Waals surface area (Å²) in [5.74, 6) is -1.54. The smallest absolute Gasteiger partial charge is 0.337 e. The molecule has 2 rings (SSSR count). The van der Waals surface area contributed by atoms with E-state index in [1.54, 1.807) is 48.3 Å². The van der Waals surface area contributed by atoms with Crippen molar-refractivity contribution >= 4 is 34.9 Å². The Labute approximate surface area is 150 Å². The molecule has 6 nitrogen and oxygen atoms in total. The Hall–Kier alpha value is -3.04. The highest BCUT2D eigenvalue weighted by Crippen LogP contribution is 2.25. The van der Waals surface area contributed by atoms with Gasteiger partial charge in [-0.1, -0.05) is 23.7 Å². The van der Waals surface area contributed by atoms with Gasteiger partial charge in [-0.2, -0.15) is 5.26 Å². The molecule has 0 atom stereocenters. The fourth-order valence-corrected chi connectivity index (χ4v) is 2.52. The zero-order chi connectivity index (χ0) is 18.4. The van der Waals surface area contributed by atoms with Crippen LogP contribution < -0.4 is 10.2 Å². The van der Waals surface area contributed by atoms with Gasteiger partial charge in [-0.05, 0) is 30.3 Å². The molecule has 0 fully saturated rings. The minimum atomic E-state index is -1.12. The van der Waals surface area contributed by atoms with Crippen molar-refractivity contribution in [1.29, 1.82) is 5.26 Å². The van der Waals surface area contributed by atoms with Crippen molar-refractivity contribution in [1.82, 2.24) is 0 Å². The van der Waals surface area contributed by atoms with Gasteiger partial charge in [0.15, 0.2) is 0 Å². The summed E-state index contributed by atoms with van der Waals surface area (Å²) >= 11 is 5.99. The Bertz CT molecular complexity index is 846. The number of carboxylic acids is 1. The summed E-state index contributed by atoms with van der Waals surface area (Å²) in [7, 11) is 1.71. The minimum Gasteiger partial charge on any atom is -0.478 e. The molecular formula is C18H16ClN3O3. The first-order valence-corrected chi connectivity index (χ1v) is 7.83. The number of hydrogen-bond acceptors (Lipinski definition) is 4. The van der Waals surface area contributed by atoms with Gasteiger partial charge in [0.1, 0.15) is 0 Å². The van der Waals surface area contributed by atoms with Crippen molar-refractivity contribution in [3.05, 3.63) is 58.6 Å². The molecule has 0 saturated heterocycles. The third-order valence-corrected chi connectivity index (χ3v) is 3.90. The van der Waals surface area contributed by atoms with E-state index in [1.165, 1.54) is 6.07 Å². The van der Waals surface area contributed by atoms with E-state index >= 15 is 0 Å². The van der Waals surface area contributed by atoms with Crippen molar-refractivity contribution in [2.24, 2.45) is 0 Å². The van der Waals surface area contributed by atoms with Crippen LogP contribution in [0.1, 0.15) is 27.1 Å². The SMILES string of the molecule is CN(CCC#N)c1ccc(NC(=O)c2ccccc2Cl)cc1C(=O)O. The number of carboxylic acid groups (broad SMARTS) is 1. The highest BCUT2D eigenvalue weighted by molar-refractivity contribution is 6.34. The van der Waals surface area contributed by atoms with E-state index in [0.717, 1.165) is 0 Å². The summed E-state index contributed by atoms with van der Waals surface area (Å²) in [6.07, 6.45) is 0.278. The van der Waals surface area contributed by atoms with Crippen molar-refractivity contribution in [2.45, 2.75) is 6.42 Å². The summed E-state index contributed by atoms with van der Waals surface area (Å²) in [5.41, 5.74) is 1.16. The number of rotatable bonds is 6. The van der Waals surface area contributed by atoms with Crippen LogP contribution in [0, 0.1) is 11.3 Å². The van der Waals surface area contributed by atoms with Crippen LogP contribution in [0.3, 0.4) is 0 Å². The van der Waals surface area contributed by atoms with Gasteiger partial charge in [0.2, 0.25) is 0 Å². The average Bonchev–Trinajstić information content (AvgIpc) is 2.59. The lowest BCUT2D eigenvalue weighted by atomic mass is 10.1. The molecule has 0 heterocycles. The number of amides is 1. The number of carbonyl (C=O) groups excluding carboxylic acids is 1. The van der Waals surface area contributed by atoms with Crippen molar-refractivity contribution in [3.8, 4) is 6.07 Å². The predicted molar refractivity (Wildman–Crippen MR) is 96.3 cm³/mol. The minimum absolute atomic E-state index is 0.0393. The molecule has 128 valence electrons. The molecule has 2 N–H and O–H groups in total.